The van der Waals surface area contributed by atoms with Crippen LogP contribution in [0.3, 0.4) is 0 Å². The Labute approximate surface area is 138 Å². The van der Waals surface area contributed by atoms with E-state index in [1.807, 2.05) is 18.4 Å². The molecule has 1 aliphatic carbocycles. The van der Waals surface area contributed by atoms with Gasteiger partial charge in [-0.1, -0.05) is 24.8 Å². The monoisotopic (exact) mass is 336 g/mol. The molecule has 0 radical (unpaired) electrons. The molecule has 22 heavy (non-hydrogen) atoms. The van der Waals surface area contributed by atoms with Crippen molar-refractivity contribution in [1.82, 2.24) is 20.1 Å². The maximum atomic E-state index is 11.9. The Morgan fingerprint density at radius 1 is 1.55 bits per heavy atom. The largest absolute Gasteiger partial charge is 0.353 e. The zero-order valence-corrected chi connectivity index (χ0v) is 14.4. The smallest absolute Gasteiger partial charge is 0.230 e. The van der Waals surface area contributed by atoms with E-state index in [4.69, 9.17) is 0 Å². The van der Waals surface area contributed by atoms with Crippen LogP contribution in [-0.2, 0) is 4.79 Å². The van der Waals surface area contributed by atoms with E-state index in [1.165, 1.54) is 24.6 Å². The van der Waals surface area contributed by atoms with Crippen LogP contribution in [0.25, 0.3) is 10.7 Å². The van der Waals surface area contributed by atoms with Crippen LogP contribution in [0.4, 0.5) is 0 Å². The summed E-state index contributed by atoms with van der Waals surface area (Å²) in [6.07, 6.45) is 3.28. The van der Waals surface area contributed by atoms with Gasteiger partial charge in [-0.2, -0.15) is 0 Å². The average molecular weight is 336 g/mol. The standard InChI is InChI=1S/C15H20N4OS2/c1-3-10(2)16-13(20)9-22-15-18-17-14(12-5-4-8-21-12)19(15)11-6-7-11/h4-5,8,10-11H,3,6-7,9H2,1-2H3,(H,16,20)/t10-/m1/s1. The first-order valence-corrected chi connectivity index (χ1v) is 9.46. The van der Waals surface area contributed by atoms with Crippen molar-refractivity contribution in [3.8, 4) is 10.7 Å². The van der Waals surface area contributed by atoms with E-state index >= 15 is 0 Å². The molecule has 1 fully saturated rings. The minimum absolute atomic E-state index is 0.0578. The molecule has 0 aromatic carbocycles. The molecular weight excluding hydrogens is 316 g/mol. The number of thiophene rings is 1. The molecule has 118 valence electrons. The second-order valence-electron chi connectivity index (χ2n) is 5.55. The second kappa shape index (κ2) is 6.83. The van der Waals surface area contributed by atoms with Crippen LogP contribution in [0.15, 0.2) is 22.7 Å². The Morgan fingerprint density at radius 3 is 3.00 bits per heavy atom. The van der Waals surface area contributed by atoms with Gasteiger partial charge < -0.3 is 5.32 Å². The summed E-state index contributed by atoms with van der Waals surface area (Å²) in [5, 5.41) is 14.5. The van der Waals surface area contributed by atoms with E-state index in [2.05, 4.69) is 33.1 Å². The third-order valence-electron chi connectivity index (χ3n) is 3.67. The van der Waals surface area contributed by atoms with Gasteiger partial charge in [-0.15, -0.1) is 21.5 Å². The zero-order chi connectivity index (χ0) is 15.5. The van der Waals surface area contributed by atoms with E-state index in [9.17, 15) is 4.79 Å². The SMILES string of the molecule is CC[C@@H](C)NC(=O)CSc1nnc(-c2cccs2)n1C1CC1. The Kier molecular flexibility index (Phi) is 4.83. The molecule has 0 spiro atoms. The Bertz CT molecular complexity index is 634. The normalized spacial score (nSPS) is 15.7. The van der Waals surface area contributed by atoms with Crippen molar-refractivity contribution in [2.75, 3.05) is 5.75 Å². The summed E-state index contributed by atoms with van der Waals surface area (Å²) in [4.78, 5) is 13.1. The molecule has 0 aliphatic heterocycles. The minimum Gasteiger partial charge on any atom is -0.353 e. The number of nitrogens with one attached hydrogen (secondary N) is 1. The van der Waals surface area contributed by atoms with Crippen LogP contribution in [0, 0.1) is 0 Å². The number of carbonyl (C=O) groups excluding carboxylic acids is 1. The van der Waals surface area contributed by atoms with Crippen molar-refractivity contribution < 1.29 is 4.79 Å². The Balaban J connectivity index is 1.70. The molecule has 2 aromatic rings. The van der Waals surface area contributed by atoms with Crippen LogP contribution in [0.1, 0.15) is 39.2 Å². The maximum Gasteiger partial charge on any atom is 0.230 e. The van der Waals surface area contributed by atoms with Gasteiger partial charge in [0.1, 0.15) is 0 Å². The van der Waals surface area contributed by atoms with Crippen LogP contribution in [0.5, 0.6) is 0 Å². The molecule has 1 atom stereocenters. The summed E-state index contributed by atoms with van der Waals surface area (Å²) in [7, 11) is 0. The fourth-order valence-corrected chi connectivity index (χ4v) is 3.68. The number of aromatic nitrogens is 3. The third-order valence-corrected chi connectivity index (χ3v) is 5.48. The molecule has 0 unspecified atom stereocenters. The van der Waals surface area contributed by atoms with Crippen LogP contribution in [0.2, 0.25) is 0 Å². The number of rotatable bonds is 7. The number of nitrogens with zero attached hydrogens (tertiary/aromatic N) is 3. The van der Waals surface area contributed by atoms with Crippen molar-refractivity contribution in [1.29, 1.82) is 0 Å². The molecule has 1 saturated carbocycles. The van der Waals surface area contributed by atoms with Crippen LogP contribution < -0.4 is 5.32 Å². The molecule has 1 N–H and O–H groups in total. The van der Waals surface area contributed by atoms with Crippen molar-refractivity contribution >= 4 is 29.0 Å². The van der Waals surface area contributed by atoms with Gasteiger partial charge in [0.15, 0.2) is 11.0 Å². The lowest BCUT2D eigenvalue weighted by Gasteiger charge is -2.11. The molecule has 3 rings (SSSR count). The second-order valence-corrected chi connectivity index (χ2v) is 7.44. The molecular formula is C15H20N4OS2. The first-order chi connectivity index (χ1) is 10.7. The highest BCUT2D eigenvalue weighted by Gasteiger charge is 2.30. The third kappa shape index (κ3) is 3.52. The number of hydrogen-bond donors (Lipinski definition) is 1. The topological polar surface area (TPSA) is 59.8 Å². The predicted octanol–water partition coefficient (Wildman–Crippen LogP) is 3.35. The fraction of sp³-hybridized carbons (Fsp3) is 0.533. The Morgan fingerprint density at radius 2 is 2.36 bits per heavy atom. The summed E-state index contributed by atoms with van der Waals surface area (Å²) in [6.45, 7) is 4.08. The van der Waals surface area contributed by atoms with Gasteiger partial charge in [0.05, 0.1) is 10.6 Å². The van der Waals surface area contributed by atoms with E-state index in [-0.39, 0.29) is 11.9 Å². The first-order valence-electron chi connectivity index (χ1n) is 7.60. The zero-order valence-electron chi connectivity index (χ0n) is 12.8. The van der Waals surface area contributed by atoms with Gasteiger partial charge in [-0.25, -0.2) is 0 Å². The lowest BCUT2D eigenvalue weighted by atomic mass is 10.3. The van der Waals surface area contributed by atoms with E-state index in [0.29, 0.717) is 11.8 Å². The number of amides is 1. The van der Waals surface area contributed by atoms with Gasteiger partial charge in [-0.3, -0.25) is 9.36 Å². The molecule has 1 aliphatic rings. The van der Waals surface area contributed by atoms with Crippen LogP contribution in [-0.4, -0.2) is 32.5 Å². The summed E-state index contributed by atoms with van der Waals surface area (Å²) >= 11 is 3.15. The molecule has 0 saturated heterocycles. The molecule has 7 heteroatoms. The molecule has 0 bridgehead atoms. The predicted molar refractivity (Wildman–Crippen MR) is 90.2 cm³/mol. The average Bonchev–Trinajstić information content (AvgIpc) is 3.03. The van der Waals surface area contributed by atoms with Crippen molar-refractivity contribution in [2.24, 2.45) is 0 Å². The van der Waals surface area contributed by atoms with Gasteiger partial charge in [0, 0.05) is 12.1 Å². The lowest BCUT2D eigenvalue weighted by Crippen LogP contribution is -2.33. The Hall–Kier alpha value is -1.34. The van der Waals surface area contributed by atoms with E-state index in [0.717, 1.165) is 22.3 Å². The molecule has 2 heterocycles. The van der Waals surface area contributed by atoms with Gasteiger partial charge >= 0.3 is 0 Å². The highest BCUT2D eigenvalue weighted by atomic mass is 32.2. The molecule has 5 nitrogen and oxygen atoms in total. The summed E-state index contributed by atoms with van der Waals surface area (Å²) in [6, 6.07) is 4.80. The van der Waals surface area contributed by atoms with Crippen molar-refractivity contribution in [3.05, 3.63) is 17.5 Å². The van der Waals surface area contributed by atoms with Gasteiger partial charge in [0.25, 0.3) is 0 Å². The first kappa shape index (κ1) is 15.6. The quantitative estimate of drug-likeness (QED) is 0.788. The molecule has 2 aromatic heterocycles. The fourth-order valence-electron chi connectivity index (χ4n) is 2.16. The summed E-state index contributed by atoms with van der Waals surface area (Å²) in [5.41, 5.74) is 0. The summed E-state index contributed by atoms with van der Waals surface area (Å²) < 4.78 is 2.20. The maximum absolute atomic E-state index is 11.9. The van der Waals surface area contributed by atoms with Crippen molar-refractivity contribution in [2.45, 2.75) is 50.4 Å². The lowest BCUT2D eigenvalue weighted by molar-refractivity contribution is -0.119. The minimum atomic E-state index is 0.0578. The highest BCUT2D eigenvalue weighted by molar-refractivity contribution is 7.99. The molecule has 1 amide bonds. The van der Waals surface area contributed by atoms with E-state index in [1.54, 1.807) is 11.3 Å². The van der Waals surface area contributed by atoms with Crippen molar-refractivity contribution in [3.63, 3.8) is 0 Å². The summed E-state index contributed by atoms with van der Waals surface area (Å²) in [5.74, 6) is 1.38. The van der Waals surface area contributed by atoms with E-state index < -0.39 is 0 Å². The van der Waals surface area contributed by atoms with Gasteiger partial charge in [-0.05, 0) is 37.6 Å². The van der Waals surface area contributed by atoms with Crippen LogP contribution >= 0.6 is 23.1 Å². The number of carbonyl (C=O) groups is 1. The highest BCUT2D eigenvalue weighted by Crippen LogP contribution is 2.41. The number of thioether (sulfide) groups is 1. The number of hydrogen-bond acceptors (Lipinski definition) is 5. The van der Waals surface area contributed by atoms with Gasteiger partial charge in [0.2, 0.25) is 5.91 Å².